The summed E-state index contributed by atoms with van der Waals surface area (Å²) in [5, 5.41) is 15.1. The van der Waals surface area contributed by atoms with Gasteiger partial charge in [-0.1, -0.05) is 0 Å². The molecule has 0 aliphatic heterocycles. The smallest absolute Gasteiger partial charge is 0.139 e. The maximum atomic E-state index is 13.1. The zero-order chi connectivity index (χ0) is 19.5. The van der Waals surface area contributed by atoms with Crippen LogP contribution in [-0.2, 0) is 6.54 Å². The van der Waals surface area contributed by atoms with Crippen LogP contribution in [0.4, 0.5) is 10.2 Å². The van der Waals surface area contributed by atoms with E-state index >= 15 is 0 Å². The van der Waals surface area contributed by atoms with Gasteiger partial charge in [0.05, 0.1) is 18.3 Å². The van der Waals surface area contributed by atoms with Gasteiger partial charge in [-0.25, -0.2) is 14.4 Å². The number of imidazole rings is 1. The Labute approximate surface area is 172 Å². The number of benzene rings is 1. The molecule has 0 unspecified atom stereocenters. The Kier molecular flexibility index (Phi) is 5.19. The number of allylic oxidation sites excluding steroid dienone is 1. The molecule has 28 heavy (non-hydrogen) atoms. The number of nitrogens with zero attached hydrogens (tertiary/aromatic N) is 4. The Hall–Kier alpha value is -3.02. The van der Waals surface area contributed by atoms with E-state index in [0.717, 1.165) is 32.2 Å². The molecule has 0 atom stereocenters. The summed E-state index contributed by atoms with van der Waals surface area (Å²) in [7, 11) is 0. The van der Waals surface area contributed by atoms with Crippen molar-refractivity contribution < 1.29 is 4.39 Å². The molecule has 3 aromatic heterocycles. The third kappa shape index (κ3) is 3.81. The van der Waals surface area contributed by atoms with Crippen LogP contribution in [0.2, 0.25) is 0 Å². The highest BCUT2D eigenvalue weighted by molar-refractivity contribution is 9.10. The van der Waals surface area contributed by atoms with Crippen molar-refractivity contribution in [3.8, 4) is 17.3 Å². The second-order valence-electron chi connectivity index (χ2n) is 5.87. The lowest BCUT2D eigenvalue weighted by atomic mass is 10.2. The van der Waals surface area contributed by atoms with Gasteiger partial charge in [-0.05, 0) is 58.4 Å². The Morgan fingerprint density at radius 1 is 1.21 bits per heavy atom. The minimum Gasteiger partial charge on any atom is -0.363 e. The van der Waals surface area contributed by atoms with Gasteiger partial charge in [0, 0.05) is 27.7 Å². The molecule has 1 aromatic carbocycles. The lowest BCUT2D eigenvalue weighted by Gasteiger charge is -2.06. The Morgan fingerprint density at radius 2 is 2.04 bits per heavy atom. The Bertz CT molecular complexity index is 1200. The highest BCUT2D eigenvalue weighted by atomic mass is 79.9. The number of nitriles is 1. The number of hydrogen-bond donors (Lipinski definition) is 1. The number of thiazole rings is 1. The molecule has 3 heterocycles. The number of rotatable bonds is 5. The zero-order valence-electron chi connectivity index (χ0n) is 14.4. The average molecular weight is 454 g/mol. The molecule has 1 N–H and O–H groups in total. The van der Waals surface area contributed by atoms with Crippen molar-refractivity contribution in [2.45, 2.75) is 6.54 Å². The number of halogens is 2. The fraction of sp³-hybridized carbons (Fsp3) is 0.0500. The van der Waals surface area contributed by atoms with Crippen molar-refractivity contribution in [3.05, 3.63) is 75.0 Å². The zero-order valence-corrected chi connectivity index (χ0v) is 16.8. The molecule has 0 aliphatic rings. The van der Waals surface area contributed by atoms with Gasteiger partial charge in [-0.3, -0.25) is 4.40 Å². The van der Waals surface area contributed by atoms with Crippen molar-refractivity contribution in [1.29, 1.82) is 5.26 Å². The van der Waals surface area contributed by atoms with Crippen LogP contribution in [0.5, 0.6) is 0 Å². The Balaban J connectivity index is 1.60. The first-order chi connectivity index (χ1) is 13.6. The van der Waals surface area contributed by atoms with E-state index < -0.39 is 0 Å². The molecular weight excluding hydrogens is 441 g/mol. The first-order valence-corrected chi connectivity index (χ1v) is 9.99. The maximum Gasteiger partial charge on any atom is 0.139 e. The van der Waals surface area contributed by atoms with Gasteiger partial charge in [-0.15, -0.1) is 11.3 Å². The van der Waals surface area contributed by atoms with Crippen molar-refractivity contribution in [2.75, 3.05) is 5.32 Å². The van der Waals surface area contributed by atoms with E-state index in [0.29, 0.717) is 12.2 Å². The molecule has 0 saturated heterocycles. The summed E-state index contributed by atoms with van der Waals surface area (Å²) < 4.78 is 15.9. The van der Waals surface area contributed by atoms with Crippen LogP contribution in [0.25, 0.3) is 23.0 Å². The molecule has 4 aromatic rings. The third-order valence-corrected chi connectivity index (χ3v) is 5.34. The van der Waals surface area contributed by atoms with Crippen LogP contribution in [0.15, 0.2) is 58.5 Å². The topological polar surface area (TPSA) is 66.0 Å². The van der Waals surface area contributed by atoms with Gasteiger partial charge >= 0.3 is 0 Å². The highest BCUT2D eigenvalue weighted by Gasteiger charge is 2.12. The van der Waals surface area contributed by atoms with Crippen LogP contribution in [0.3, 0.4) is 0 Å². The van der Waals surface area contributed by atoms with Gasteiger partial charge in [0.1, 0.15) is 28.0 Å². The second-order valence-corrected chi connectivity index (χ2v) is 7.73. The summed E-state index contributed by atoms with van der Waals surface area (Å²) in [6, 6.07) is 12.1. The van der Waals surface area contributed by atoms with Crippen LogP contribution in [-0.4, -0.2) is 14.4 Å². The lowest BCUT2D eigenvalue weighted by Crippen LogP contribution is -2.03. The third-order valence-electron chi connectivity index (χ3n) is 4.02. The summed E-state index contributed by atoms with van der Waals surface area (Å²) >= 11 is 5.00. The number of anilines is 1. The lowest BCUT2D eigenvalue weighted by molar-refractivity contribution is 0.628. The van der Waals surface area contributed by atoms with Gasteiger partial charge in [0.15, 0.2) is 0 Å². The normalized spacial score (nSPS) is 11.2. The molecule has 0 radical (unpaired) electrons. The van der Waals surface area contributed by atoms with E-state index in [2.05, 4.69) is 31.2 Å². The number of fused-ring (bicyclic) bond motifs is 1. The molecule has 5 nitrogen and oxygen atoms in total. The van der Waals surface area contributed by atoms with Crippen LogP contribution >= 0.6 is 27.3 Å². The summed E-state index contributed by atoms with van der Waals surface area (Å²) in [5.74, 6) is 0.513. The first kappa shape index (κ1) is 18.3. The predicted molar refractivity (Wildman–Crippen MR) is 112 cm³/mol. The number of hydrogen-bond acceptors (Lipinski definition) is 5. The fourth-order valence-electron chi connectivity index (χ4n) is 2.75. The van der Waals surface area contributed by atoms with Crippen molar-refractivity contribution in [1.82, 2.24) is 14.4 Å². The predicted octanol–water partition coefficient (Wildman–Crippen LogP) is 5.51. The molecule has 0 saturated carbocycles. The van der Waals surface area contributed by atoms with Gasteiger partial charge in [0.2, 0.25) is 0 Å². The van der Waals surface area contributed by atoms with Crippen LogP contribution in [0.1, 0.15) is 10.7 Å². The molecule has 0 amide bonds. The summed E-state index contributed by atoms with van der Waals surface area (Å²) in [4.78, 5) is 9.18. The van der Waals surface area contributed by atoms with E-state index in [4.69, 9.17) is 5.26 Å². The molecular formula is C20H13BrFN5S. The van der Waals surface area contributed by atoms with E-state index in [-0.39, 0.29) is 5.82 Å². The average Bonchev–Trinajstić information content (AvgIpc) is 3.29. The number of pyridine rings is 1. The summed E-state index contributed by atoms with van der Waals surface area (Å²) in [5.41, 5.74) is 3.14. The standard InChI is InChI=1S/C20H13BrFN5S/c21-14-5-8-18-25-16(2-1-9-23)20(27(18)11-14)24-10-19-26-17(12-28-19)13-3-6-15(22)7-4-13/h1-8,11-12,24H,10H2. The van der Waals surface area contributed by atoms with Crippen molar-refractivity contribution in [3.63, 3.8) is 0 Å². The highest BCUT2D eigenvalue weighted by Crippen LogP contribution is 2.25. The molecule has 0 bridgehead atoms. The van der Waals surface area contributed by atoms with Crippen molar-refractivity contribution >= 4 is 44.8 Å². The Morgan fingerprint density at radius 3 is 2.82 bits per heavy atom. The van der Waals surface area contributed by atoms with E-state index in [1.807, 2.05) is 34.2 Å². The van der Waals surface area contributed by atoms with Crippen molar-refractivity contribution in [2.24, 2.45) is 0 Å². The summed E-state index contributed by atoms with van der Waals surface area (Å²) in [6.45, 7) is 0.500. The van der Waals surface area contributed by atoms with Crippen LogP contribution in [0, 0.1) is 17.1 Å². The van der Waals surface area contributed by atoms with Crippen LogP contribution < -0.4 is 5.32 Å². The number of aromatic nitrogens is 3. The molecule has 4 rings (SSSR count). The largest absolute Gasteiger partial charge is 0.363 e. The van der Waals surface area contributed by atoms with E-state index in [9.17, 15) is 4.39 Å². The maximum absolute atomic E-state index is 13.1. The van der Waals surface area contributed by atoms with E-state index in [1.54, 1.807) is 18.2 Å². The summed E-state index contributed by atoms with van der Waals surface area (Å²) in [6.07, 6.45) is 4.99. The monoisotopic (exact) mass is 453 g/mol. The molecule has 138 valence electrons. The number of nitrogens with one attached hydrogen (secondary N) is 1. The van der Waals surface area contributed by atoms with Gasteiger partial charge in [0.25, 0.3) is 0 Å². The first-order valence-electron chi connectivity index (χ1n) is 8.32. The second kappa shape index (κ2) is 7.92. The quantitative estimate of drug-likeness (QED) is 0.404. The van der Waals surface area contributed by atoms with Gasteiger partial charge in [-0.2, -0.15) is 5.26 Å². The van der Waals surface area contributed by atoms with E-state index in [1.165, 1.54) is 29.5 Å². The fourth-order valence-corrected chi connectivity index (χ4v) is 3.83. The molecule has 8 heteroatoms. The molecule has 0 fully saturated rings. The molecule has 0 aliphatic carbocycles. The molecule has 0 spiro atoms. The minimum atomic E-state index is -0.266. The SMILES string of the molecule is N#CC=Cc1nc2ccc(Br)cn2c1NCc1nc(-c2ccc(F)cc2)cs1. The minimum absolute atomic E-state index is 0.266. The van der Waals surface area contributed by atoms with Gasteiger partial charge < -0.3 is 5.32 Å².